The Kier molecular flexibility index (Phi) is 9.60. The summed E-state index contributed by atoms with van der Waals surface area (Å²) in [7, 11) is 1.71. The fourth-order valence-corrected chi connectivity index (χ4v) is 7.16. The average Bonchev–Trinajstić information content (AvgIpc) is 3.68. The molecule has 2 fully saturated rings. The van der Waals surface area contributed by atoms with Crippen molar-refractivity contribution in [3.05, 3.63) is 60.2 Å². The molecule has 0 aromatic heterocycles. The van der Waals surface area contributed by atoms with Crippen LogP contribution in [0.4, 0.5) is 0 Å². The molecule has 10 nitrogen and oxygen atoms in total. The van der Waals surface area contributed by atoms with Crippen LogP contribution in [0.1, 0.15) is 64.5 Å². The second kappa shape index (κ2) is 13.2. The van der Waals surface area contributed by atoms with Gasteiger partial charge in [0.2, 0.25) is 17.7 Å². The first kappa shape index (κ1) is 31.9. The van der Waals surface area contributed by atoms with Crippen molar-refractivity contribution in [1.82, 2.24) is 14.7 Å². The predicted molar refractivity (Wildman–Crippen MR) is 163 cm³/mol. The number of unbranched alkanes of at least 4 members (excludes halogenated alkanes) is 2. The number of cyclic esters (lactones) is 1. The molecule has 44 heavy (non-hydrogen) atoms. The summed E-state index contributed by atoms with van der Waals surface area (Å²) in [6.45, 7) is 6.09. The number of hydrogen-bond donors (Lipinski definition) is 1. The van der Waals surface area contributed by atoms with Gasteiger partial charge in [0.05, 0.1) is 30.7 Å². The van der Waals surface area contributed by atoms with Crippen molar-refractivity contribution in [2.45, 2.75) is 88.8 Å². The number of allylic oxidation sites excluding steroid dienone is 1. The SMILES string of the molecule is CCCCCN1C/C=C\CCC(=O)N(C)[C@@H](C)[C@H](c2ccccc2)OC(=O)[C@@H]2[C@H]3C(=O)N([C@H](C)CO)[C@H](C1=O)[C@]31C=C[C@H]2O1. The number of carbonyl (C=O) groups excluding carboxylic acids is 4. The van der Waals surface area contributed by atoms with Crippen molar-refractivity contribution >= 4 is 23.7 Å². The van der Waals surface area contributed by atoms with Crippen molar-refractivity contribution in [2.75, 3.05) is 26.7 Å². The highest BCUT2D eigenvalue weighted by Gasteiger charge is 2.74. The van der Waals surface area contributed by atoms with Crippen LogP contribution in [0.2, 0.25) is 0 Å². The largest absolute Gasteiger partial charge is 0.455 e. The Bertz CT molecular complexity index is 1300. The maximum atomic E-state index is 14.5. The number of ether oxygens (including phenoxy) is 2. The molecule has 0 aliphatic carbocycles. The van der Waals surface area contributed by atoms with Crippen LogP contribution in [0.3, 0.4) is 0 Å². The van der Waals surface area contributed by atoms with E-state index in [9.17, 15) is 24.3 Å². The van der Waals surface area contributed by atoms with Crippen molar-refractivity contribution in [3.63, 3.8) is 0 Å². The van der Waals surface area contributed by atoms with Crippen LogP contribution < -0.4 is 0 Å². The average molecular weight is 608 g/mol. The fourth-order valence-electron chi connectivity index (χ4n) is 7.16. The lowest BCUT2D eigenvalue weighted by Crippen LogP contribution is -2.58. The normalized spacial score (nSPS) is 34.0. The third-order valence-electron chi connectivity index (χ3n) is 9.73. The molecule has 0 radical (unpaired) electrons. The Morgan fingerprint density at radius 2 is 1.82 bits per heavy atom. The van der Waals surface area contributed by atoms with Gasteiger partial charge in [0, 0.05) is 26.6 Å². The molecule has 1 aromatic carbocycles. The number of likely N-dealkylation sites (tertiary alicyclic amines) is 1. The second-order valence-electron chi connectivity index (χ2n) is 12.5. The number of fused-ring (bicyclic) bond motifs is 2. The van der Waals surface area contributed by atoms with Gasteiger partial charge >= 0.3 is 5.97 Å². The van der Waals surface area contributed by atoms with E-state index >= 15 is 0 Å². The van der Waals surface area contributed by atoms with Gasteiger partial charge in [0.15, 0.2) is 0 Å². The molecular formula is C34H45N3O7. The Morgan fingerprint density at radius 1 is 1.07 bits per heavy atom. The van der Waals surface area contributed by atoms with E-state index in [-0.39, 0.29) is 24.8 Å². The molecule has 8 atom stereocenters. The zero-order valence-electron chi connectivity index (χ0n) is 26.1. The summed E-state index contributed by atoms with van der Waals surface area (Å²) in [4.78, 5) is 60.9. The number of likely N-dealkylation sites (N-methyl/N-ethyl adjacent to an activating group) is 1. The Hall–Kier alpha value is -3.50. The molecule has 4 aliphatic rings. The topological polar surface area (TPSA) is 117 Å². The fraction of sp³-hybridized carbons (Fsp3) is 0.588. The van der Waals surface area contributed by atoms with Gasteiger partial charge in [-0.05, 0) is 32.3 Å². The molecule has 0 unspecified atom stereocenters. The van der Waals surface area contributed by atoms with Crippen molar-refractivity contribution in [2.24, 2.45) is 11.8 Å². The third-order valence-corrected chi connectivity index (χ3v) is 9.73. The van der Waals surface area contributed by atoms with Gasteiger partial charge in [0.25, 0.3) is 0 Å². The lowest BCUT2D eigenvalue weighted by atomic mass is 9.74. The monoisotopic (exact) mass is 607 g/mol. The number of hydrogen-bond acceptors (Lipinski definition) is 7. The number of aliphatic hydroxyl groups excluding tert-OH is 1. The summed E-state index contributed by atoms with van der Waals surface area (Å²) in [5.41, 5.74) is -0.628. The summed E-state index contributed by atoms with van der Waals surface area (Å²) in [5, 5.41) is 10.2. The van der Waals surface area contributed by atoms with E-state index in [1.807, 2.05) is 49.4 Å². The minimum atomic E-state index is -1.35. The smallest absolute Gasteiger partial charge is 0.313 e. The molecule has 3 amide bonds. The lowest BCUT2D eigenvalue weighted by molar-refractivity contribution is -0.164. The molecule has 4 heterocycles. The molecule has 5 bridgehead atoms. The first-order valence-electron chi connectivity index (χ1n) is 15.9. The number of nitrogens with zero attached hydrogens (tertiary/aromatic N) is 3. The van der Waals surface area contributed by atoms with Crippen LogP contribution in [0.15, 0.2) is 54.6 Å². The second-order valence-corrected chi connectivity index (χ2v) is 12.5. The van der Waals surface area contributed by atoms with Gasteiger partial charge in [-0.2, -0.15) is 0 Å². The summed E-state index contributed by atoms with van der Waals surface area (Å²) < 4.78 is 12.7. The number of rotatable bonds is 7. The van der Waals surface area contributed by atoms with Gasteiger partial charge in [-0.1, -0.05) is 74.4 Å². The quantitative estimate of drug-likeness (QED) is 0.288. The van der Waals surface area contributed by atoms with Gasteiger partial charge in [-0.3, -0.25) is 19.2 Å². The van der Waals surface area contributed by atoms with Crippen molar-refractivity contribution < 1.29 is 33.8 Å². The summed E-state index contributed by atoms with van der Waals surface area (Å²) in [6, 6.07) is 7.06. The molecule has 238 valence electrons. The standard InChI is InChI=1S/C34H45N3O7/c1-5-6-12-19-36-20-13-8-11-16-26(39)35(4)23(3)29(24-14-9-7-10-15-24)43-33(42)27-25-17-18-34(44-25)28(27)31(40)37(22(2)21-38)30(34)32(36)41/h7-10,13-15,17-18,22-23,25,27-30,38H,5-6,11-12,16,19-21H2,1-4H3/b13-8-/t22-,23+,25-,27+,28+,29-,30-,34+/m1/s1. The zero-order valence-corrected chi connectivity index (χ0v) is 26.1. The van der Waals surface area contributed by atoms with Gasteiger partial charge < -0.3 is 29.3 Å². The zero-order chi connectivity index (χ0) is 31.6. The molecule has 5 rings (SSSR count). The lowest BCUT2D eigenvalue weighted by Gasteiger charge is -2.37. The summed E-state index contributed by atoms with van der Waals surface area (Å²) >= 11 is 0. The van der Waals surface area contributed by atoms with E-state index in [4.69, 9.17) is 9.47 Å². The maximum Gasteiger partial charge on any atom is 0.313 e. The molecule has 1 N–H and O–H groups in total. The predicted octanol–water partition coefficient (Wildman–Crippen LogP) is 3.02. The molecule has 1 spiro atoms. The van der Waals surface area contributed by atoms with Crippen LogP contribution >= 0.6 is 0 Å². The first-order valence-corrected chi connectivity index (χ1v) is 15.9. The number of carbonyl (C=O) groups is 4. The Balaban J connectivity index is 1.58. The van der Waals surface area contributed by atoms with Crippen LogP contribution in [0.5, 0.6) is 0 Å². The van der Waals surface area contributed by atoms with Gasteiger partial charge in [-0.15, -0.1) is 0 Å². The molecule has 1 aromatic rings. The van der Waals surface area contributed by atoms with Gasteiger partial charge in [-0.25, -0.2) is 0 Å². The number of amides is 3. The van der Waals surface area contributed by atoms with E-state index in [1.165, 1.54) is 4.90 Å². The molecule has 4 aliphatic heterocycles. The summed E-state index contributed by atoms with van der Waals surface area (Å²) in [6.07, 6.45) is 9.27. The van der Waals surface area contributed by atoms with E-state index in [2.05, 4.69) is 6.92 Å². The maximum absolute atomic E-state index is 14.5. The van der Waals surface area contributed by atoms with Crippen LogP contribution in [0, 0.1) is 11.8 Å². The van der Waals surface area contributed by atoms with E-state index in [0.717, 1.165) is 24.8 Å². The minimum Gasteiger partial charge on any atom is -0.455 e. The Morgan fingerprint density at radius 3 is 2.52 bits per heavy atom. The number of benzene rings is 1. The summed E-state index contributed by atoms with van der Waals surface area (Å²) in [5.74, 6) is -3.36. The van der Waals surface area contributed by atoms with E-state index in [0.29, 0.717) is 19.5 Å². The van der Waals surface area contributed by atoms with Crippen molar-refractivity contribution in [1.29, 1.82) is 0 Å². The van der Waals surface area contributed by atoms with E-state index in [1.54, 1.807) is 35.9 Å². The molecule has 10 heteroatoms. The van der Waals surface area contributed by atoms with Crippen LogP contribution in [0.25, 0.3) is 0 Å². The molecular weight excluding hydrogens is 562 g/mol. The molecule has 0 saturated carbocycles. The highest BCUT2D eigenvalue weighted by Crippen LogP contribution is 2.56. The van der Waals surface area contributed by atoms with Crippen LogP contribution in [-0.4, -0.2) is 100 Å². The first-order chi connectivity index (χ1) is 21.2. The minimum absolute atomic E-state index is 0.0904. The van der Waals surface area contributed by atoms with Crippen LogP contribution in [-0.2, 0) is 28.7 Å². The number of aliphatic hydroxyl groups is 1. The van der Waals surface area contributed by atoms with E-state index < -0.39 is 59.6 Å². The number of esters is 1. The van der Waals surface area contributed by atoms with Gasteiger partial charge in [0.1, 0.15) is 23.7 Å². The highest BCUT2D eigenvalue weighted by atomic mass is 16.6. The highest BCUT2D eigenvalue weighted by molar-refractivity contribution is 5.99. The molecule has 2 saturated heterocycles. The Labute approximate surface area is 259 Å². The van der Waals surface area contributed by atoms with Crippen molar-refractivity contribution in [3.8, 4) is 0 Å². The third kappa shape index (κ3) is 5.58.